The molecule has 0 bridgehead atoms. The third kappa shape index (κ3) is 4.20. The van der Waals surface area contributed by atoms with E-state index in [-0.39, 0.29) is 5.91 Å². The van der Waals surface area contributed by atoms with E-state index < -0.39 is 0 Å². The Balaban J connectivity index is 2.13. The molecular weight excluding hydrogens is 324 g/mol. The lowest BCUT2D eigenvalue weighted by atomic mass is 10.1. The van der Waals surface area contributed by atoms with Crippen molar-refractivity contribution in [3.05, 3.63) is 58.6 Å². The molecular formula is C19H23ClN2O2. The van der Waals surface area contributed by atoms with E-state index in [0.717, 1.165) is 23.5 Å². The van der Waals surface area contributed by atoms with Crippen LogP contribution in [0.3, 0.4) is 0 Å². The van der Waals surface area contributed by atoms with Gasteiger partial charge in [-0.05, 0) is 49.4 Å². The molecule has 0 saturated carbocycles. The van der Waals surface area contributed by atoms with Crippen LogP contribution in [0.25, 0.3) is 0 Å². The average Bonchev–Trinajstić information content (AvgIpc) is 2.60. The van der Waals surface area contributed by atoms with Gasteiger partial charge in [-0.2, -0.15) is 0 Å². The normalized spacial score (nSPS) is 10.4. The molecule has 0 aromatic heterocycles. The summed E-state index contributed by atoms with van der Waals surface area (Å²) in [5, 5.41) is 0.624. The summed E-state index contributed by atoms with van der Waals surface area (Å²) in [6, 6.07) is 13.0. The second kappa shape index (κ2) is 8.06. The minimum Gasteiger partial charge on any atom is -0.496 e. The summed E-state index contributed by atoms with van der Waals surface area (Å²) in [4.78, 5) is 16.4. The van der Waals surface area contributed by atoms with Crippen LogP contribution >= 0.6 is 11.6 Å². The molecule has 0 atom stereocenters. The molecule has 5 heteroatoms. The fraction of sp³-hybridized carbons (Fsp3) is 0.316. The van der Waals surface area contributed by atoms with Crippen LogP contribution in [0, 0.1) is 0 Å². The van der Waals surface area contributed by atoms with E-state index in [0.29, 0.717) is 17.1 Å². The molecule has 0 aliphatic heterocycles. The number of ether oxygens (including phenoxy) is 1. The van der Waals surface area contributed by atoms with E-state index in [4.69, 9.17) is 16.3 Å². The molecule has 0 fully saturated rings. The number of hydrogen-bond acceptors (Lipinski definition) is 3. The van der Waals surface area contributed by atoms with Crippen LogP contribution in [0.2, 0.25) is 5.02 Å². The number of rotatable bonds is 6. The molecule has 0 radical (unpaired) electrons. The molecule has 2 aromatic rings. The van der Waals surface area contributed by atoms with Crippen LogP contribution in [-0.4, -0.2) is 38.6 Å². The SMILES string of the molecule is CCN(C)c1ccc(C(=O)N(C)Cc2cc(Cl)ccc2OC)cc1. The number of anilines is 1. The highest BCUT2D eigenvalue weighted by Gasteiger charge is 2.15. The largest absolute Gasteiger partial charge is 0.496 e. The number of hydrogen-bond donors (Lipinski definition) is 0. The van der Waals surface area contributed by atoms with Gasteiger partial charge in [0.2, 0.25) is 0 Å². The molecule has 128 valence electrons. The van der Waals surface area contributed by atoms with Gasteiger partial charge in [-0.1, -0.05) is 11.6 Å². The van der Waals surface area contributed by atoms with Crippen molar-refractivity contribution in [2.45, 2.75) is 13.5 Å². The van der Waals surface area contributed by atoms with Gasteiger partial charge in [-0.15, -0.1) is 0 Å². The minimum atomic E-state index is -0.0391. The molecule has 0 spiro atoms. The van der Waals surface area contributed by atoms with Gasteiger partial charge >= 0.3 is 0 Å². The Morgan fingerprint density at radius 2 is 1.79 bits per heavy atom. The Morgan fingerprint density at radius 1 is 1.12 bits per heavy atom. The predicted molar refractivity (Wildman–Crippen MR) is 99.2 cm³/mol. The van der Waals surface area contributed by atoms with E-state index in [2.05, 4.69) is 11.8 Å². The van der Waals surface area contributed by atoms with Crippen molar-refractivity contribution in [1.29, 1.82) is 0 Å². The number of amides is 1. The van der Waals surface area contributed by atoms with Crippen molar-refractivity contribution in [1.82, 2.24) is 4.90 Å². The summed E-state index contributed by atoms with van der Waals surface area (Å²) >= 11 is 6.05. The Bertz CT molecular complexity index is 701. The highest BCUT2D eigenvalue weighted by Crippen LogP contribution is 2.24. The summed E-state index contributed by atoms with van der Waals surface area (Å²) in [6.45, 7) is 3.44. The van der Waals surface area contributed by atoms with Gasteiger partial charge in [0, 0.05) is 49.0 Å². The van der Waals surface area contributed by atoms with Crippen molar-refractivity contribution in [3.8, 4) is 5.75 Å². The molecule has 0 aliphatic carbocycles. The summed E-state index contributed by atoms with van der Waals surface area (Å²) in [6.07, 6.45) is 0. The zero-order valence-electron chi connectivity index (χ0n) is 14.5. The number of methoxy groups -OCH3 is 1. The van der Waals surface area contributed by atoms with Crippen LogP contribution in [0.4, 0.5) is 5.69 Å². The van der Waals surface area contributed by atoms with Crippen molar-refractivity contribution in [2.75, 3.05) is 32.6 Å². The van der Waals surface area contributed by atoms with Gasteiger partial charge < -0.3 is 14.5 Å². The number of carbonyl (C=O) groups excluding carboxylic acids is 1. The highest BCUT2D eigenvalue weighted by atomic mass is 35.5. The molecule has 0 N–H and O–H groups in total. The maximum absolute atomic E-state index is 12.6. The van der Waals surface area contributed by atoms with E-state index in [1.807, 2.05) is 43.4 Å². The predicted octanol–water partition coefficient (Wildman–Crippen LogP) is 4.08. The van der Waals surface area contributed by atoms with Crippen molar-refractivity contribution < 1.29 is 9.53 Å². The minimum absolute atomic E-state index is 0.0391. The van der Waals surface area contributed by atoms with Crippen LogP contribution in [0.1, 0.15) is 22.8 Å². The molecule has 2 aromatic carbocycles. The van der Waals surface area contributed by atoms with Crippen LogP contribution in [-0.2, 0) is 6.54 Å². The summed E-state index contributed by atoms with van der Waals surface area (Å²) in [7, 11) is 5.40. The monoisotopic (exact) mass is 346 g/mol. The number of halogens is 1. The van der Waals surface area contributed by atoms with Gasteiger partial charge in [0.25, 0.3) is 5.91 Å². The fourth-order valence-corrected chi connectivity index (χ4v) is 2.65. The van der Waals surface area contributed by atoms with E-state index in [9.17, 15) is 4.79 Å². The Kier molecular flexibility index (Phi) is 6.10. The van der Waals surface area contributed by atoms with Gasteiger partial charge in [0.15, 0.2) is 0 Å². The lowest BCUT2D eigenvalue weighted by molar-refractivity contribution is 0.0784. The lowest BCUT2D eigenvalue weighted by Crippen LogP contribution is -2.26. The van der Waals surface area contributed by atoms with Gasteiger partial charge in [-0.3, -0.25) is 4.79 Å². The summed E-state index contributed by atoms with van der Waals surface area (Å²) in [5.74, 6) is 0.682. The zero-order chi connectivity index (χ0) is 17.7. The van der Waals surface area contributed by atoms with Gasteiger partial charge in [-0.25, -0.2) is 0 Å². The quantitative estimate of drug-likeness (QED) is 0.790. The highest BCUT2D eigenvalue weighted by molar-refractivity contribution is 6.30. The molecule has 0 heterocycles. The van der Waals surface area contributed by atoms with Crippen molar-refractivity contribution >= 4 is 23.2 Å². The Labute approximate surface area is 148 Å². The first-order valence-electron chi connectivity index (χ1n) is 7.85. The topological polar surface area (TPSA) is 32.8 Å². The third-order valence-electron chi connectivity index (χ3n) is 4.03. The third-order valence-corrected chi connectivity index (χ3v) is 4.26. The average molecular weight is 347 g/mol. The maximum atomic E-state index is 12.6. The standard InChI is InChI=1S/C19H23ClN2O2/c1-5-21(2)17-9-6-14(7-10-17)19(23)22(3)13-15-12-16(20)8-11-18(15)24-4/h6-12H,5,13H2,1-4H3. The van der Waals surface area contributed by atoms with E-state index >= 15 is 0 Å². The summed E-state index contributed by atoms with van der Waals surface area (Å²) < 4.78 is 5.34. The molecule has 4 nitrogen and oxygen atoms in total. The molecule has 0 saturated heterocycles. The fourth-order valence-electron chi connectivity index (χ4n) is 2.46. The first-order valence-corrected chi connectivity index (χ1v) is 8.23. The second-order valence-electron chi connectivity index (χ2n) is 5.68. The molecule has 0 aliphatic rings. The smallest absolute Gasteiger partial charge is 0.253 e. The van der Waals surface area contributed by atoms with E-state index in [1.165, 1.54) is 0 Å². The molecule has 0 unspecified atom stereocenters. The summed E-state index contributed by atoms with van der Waals surface area (Å²) in [5.41, 5.74) is 2.63. The van der Waals surface area contributed by atoms with Crippen molar-refractivity contribution in [2.24, 2.45) is 0 Å². The Morgan fingerprint density at radius 3 is 2.38 bits per heavy atom. The van der Waals surface area contributed by atoms with Crippen LogP contribution < -0.4 is 9.64 Å². The first kappa shape index (κ1) is 18.1. The Hall–Kier alpha value is -2.20. The van der Waals surface area contributed by atoms with Gasteiger partial charge in [0.1, 0.15) is 5.75 Å². The molecule has 2 rings (SSSR count). The van der Waals surface area contributed by atoms with Gasteiger partial charge in [0.05, 0.1) is 7.11 Å². The zero-order valence-corrected chi connectivity index (χ0v) is 15.3. The first-order chi connectivity index (χ1) is 11.5. The van der Waals surface area contributed by atoms with E-state index in [1.54, 1.807) is 25.1 Å². The van der Waals surface area contributed by atoms with Crippen LogP contribution in [0.15, 0.2) is 42.5 Å². The molecule has 1 amide bonds. The number of benzene rings is 2. The van der Waals surface area contributed by atoms with Crippen molar-refractivity contribution in [3.63, 3.8) is 0 Å². The number of nitrogens with zero attached hydrogens (tertiary/aromatic N) is 2. The van der Waals surface area contributed by atoms with Crippen LogP contribution in [0.5, 0.6) is 5.75 Å². The number of carbonyl (C=O) groups is 1. The maximum Gasteiger partial charge on any atom is 0.253 e. The lowest BCUT2D eigenvalue weighted by Gasteiger charge is -2.20. The molecule has 24 heavy (non-hydrogen) atoms. The second-order valence-corrected chi connectivity index (χ2v) is 6.11.